The van der Waals surface area contributed by atoms with Gasteiger partial charge >= 0.3 is 6.09 Å². The van der Waals surface area contributed by atoms with Crippen molar-refractivity contribution >= 4 is 37.5 Å². The number of methoxy groups -OCH3 is 2. The van der Waals surface area contributed by atoms with Gasteiger partial charge in [-0.1, -0.05) is 115 Å². The van der Waals surface area contributed by atoms with Crippen LogP contribution in [-0.4, -0.2) is 101 Å². The summed E-state index contributed by atoms with van der Waals surface area (Å²) in [6, 6.07) is 49.4. The van der Waals surface area contributed by atoms with Crippen LogP contribution >= 0.6 is 8.53 Å². The Labute approximate surface area is 467 Å². The molecule has 10 rings (SSSR count). The molecule has 80 heavy (non-hydrogen) atoms. The molecule has 2 amide bonds. The van der Waals surface area contributed by atoms with Crippen LogP contribution in [0.3, 0.4) is 0 Å². The van der Waals surface area contributed by atoms with Crippen LogP contribution in [0.15, 0.2) is 164 Å². The van der Waals surface area contributed by atoms with Crippen LogP contribution in [0.4, 0.5) is 10.6 Å². The molecular formula is C62H67N8O9P. The normalized spacial score (nSPS) is 16.4. The number of alkyl carbamates (subject to hydrolysis) is 1. The Morgan fingerprint density at radius 1 is 0.750 bits per heavy atom. The first-order valence-electron chi connectivity index (χ1n) is 26.9. The van der Waals surface area contributed by atoms with Gasteiger partial charge in [0, 0.05) is 43.1 Å². The molecule has 3 heterocycles. The first-order valence-corrected chi connectivity index (χ1v) is 28.0. The van der Waals surface area contributed by atoms with Crippen LogP contribution < -0.4 is 25.8 Å². The van der Waals surface area contributed by atoms with E-state index in [1.807, 2.05) is 95.6 Å². The van der Waals surface area contributed by atoms with Crippen molar-refractivity contribution in [3.63, 3.8) is 0 Å². The lowest BCUT2D eigenvalue weighted by molar-refractivity contribution is -0.0912. The van der Waals surface area contributed by atoms with E-state index in [2.05, 4.69) is 89.4 Å². The van der Waals surface area contributed by atoms with E-state index in [1.54, 1.807) is 44.8 Å². The standard InChI is InChI=1S/C62H67N8O9P/c1-40(2)70(41(3)4)80(77-33-32-63)79-54-34-56(78-55(54)37-76-62(44-14-8-7-9-15-44,45-24-28-47(73-5)29-25-45)46-26-30-48(74-6)31-27-46)69-39-67-57-58(65-38-66-59(57)69)68-60(71)43-22-20-42(21-23-43)35-64-61(72)75-36-53-51-18-12-10-16-49(51)50-17-11-13-19-52(50)53/h7-31,38-41,53-56H,32-37,63H2,1-6H3,(H,64,72)(H,65,66,68,71)/t54?,55-,56?,80?/m1/s1. The van der Waals surface area contributed by atoms with Gasteiger partial charge in [-0.25, -0.2) is 24.4 Å². The average Bonchev–Trinajstić information content (AvgIpc) is 4.29. The number of carbonyl (C=O) groups excluding carboxylic acids is 2. The summed E-state index contributed by atoms with van der Waals surface area (Å²) in [7, 11) is 1.65. The number of carbonyl (C=O) groups is 2. The molecule has 1 saturated heterocycles. The fourth-order valence-electron chi connectivity index (χ4n) is 10.7. The molecule has 2 aromatic heterocycles. The summed E-state index contributed by atoms with van der Waals surface area (Å²) in [5.74, 6) is 1.19. The lowest BCUT2D eigenvalue weighted by Gasteiger charge is -2.39. The van der Waals surface area contributed by atoms with Crippen LogP contribution in [-0.2, 0) is 35.4 Å². The highest BCUT2D eigenvalue weighted by atomic mass is 31.2. The van der Waals surface area contributed by atoms with Gasteiger partial charge in [-0.2, -0.15) is 0 Å². The third-order valence-electron chi connectivity index (χ3n) is 14.5. The number of anilines is 1. The number of nitrogens with two attached hydrogens (primary N) is 1. The zero-order valence-corrected chi connectivity index (χ0v) is 46.6. The summed E-state index contributed by atoms with van der Waals surface area (Å²) in [4.78, 5) is 40.6. The highest BCUT2D eigenvalue weighted by Crippen LogP contribution is 2.51. The third-order valence-corrected chi connectivity index (χ3v) is 16.7. The minimum atomic E-state index is -1.63. The number of hydrogen-bond acceptors (Lipinski definition) is 14. The number of imidazole rings is 1. The highest BCUT2D eigenvalue weighted by molar-refractivity contribution is 7.44. The minimum absolute atomic E-state index is 0.0475. The van der Waals surface area contributed by atoms with Crippen LogP contribution in [0.25, 0.3) is 22.3 Å². The van der Waals surface area contributed by atoms with Crippen molar-refractivity contribution in [1.29, 1.82) is 0 Å². The number of hydrogen-bond donors (Lipinski definition) is 3. The molecule has 6 aromatic carbocycles. The quantitative estimate of drug-likeness (QED) is 0.0404. The summed E-state index contributed by atoms with van der Waals surface area (Å²) in [5.41, 5.74) is 14.1. The van der Waals surface area contributed by atoms with Crippen molar-refractivity contribution in [1.82, 2.24) is 29.5 Å². The van der Waals surface area contributed by atoms with Crippen molar-refractivity contribution in [2.45, 2.75) is 82.7 Å². The molecule has 414 valence electrons. The summed E-state index contributed by atoms with van der Waals surface area (Å²) >= 11 is 0. The average molecular weight is 1100 g/mol. The topological polar surface area (TPSA) is 196 Å². The molecule has 3 unspecified atom stereocenters. The second-order valence-corrected chi connectivity index (χ2v) is 21.5. The maximum atomic E-state index is 13.8. The smallest absolute Gasteiger partial charge is 0.407 e. The van der Waals surface area contributed by atoms with Crippen molar-refractivity contribution in [2.24, 2.45) is 5.73 Å². The molecule has 0 bridgehead atoms. The molecule has 4 N–H and O–H groups in total. The number of benzene rings is 6. The van der Waals surface area contributed by atoms with Gasteiger partial charge in [-0.15, -0.1) is 0 Å². The lowest BCUT2D eigenvalue weighted by atomic mass is 9.80. The van der Waals surface area contributed by atoms with Gasteiger partial charge in [0.15, 0.2) is 17.0 Å². The number of nitrogens with one attached hydrogen (secondary N) is 2. The molecule has 0 saturated carbocycles. The maximum Gasteiger partial charge on any atom is 0.407 e. The van der Waals surface area contributed by atoms with E-state index in [0.29, 0.717) is 47.8 Å². The first kappa shape index (κ1) is 55.7. The van der Waals surface area contributed by atoms with Crippen LogP contribution in [0, 0.1) is 0 Å². The summed E-state index contributed by atoms with van der Waals surface area (Å²) in [5, 5.41) is 5.79. The molecule has 18 heteroatoms. The van der Waals surface area contributed by atoms with Gasteiger partial charge in [0.2, 0.25) is 0 Å². The minimum Gasteiger partial charge on any atom is -0.497 e. The monoisotopic (exact) mass is 1100 g/mol. The Hall–Kier alpha value is -7.60. The zero-order chi connectivity index (χ0) is 55.8. The molecule has 0 radical (unpaired) electrons. The van der Waals surface area contributed by atoms with Crippen molar-refractivity contribution in [2.75, 3.05) is 45.9 Å². The van der Waals surface area contributed by atoms with Gasteiger partial charge in [0.05, 0.1) is 39.9 Å². The van der Waals surface area contributed by atoms with E-state index in [4.69, 9.17) is 43.4 Å². The van der Waals surface area contributed by atoms with Crippen molar-refractivity contribution < 1.29 is 42.3 Å². The maximum absolute atomic E-state index is 13.8. The largest absolute Gasteiger partial charge is 0.497 e. The molecule has 4 atom stereocenters. The Balaban J connectivity index is 0.873. The van der Waals surface area contributed by atoms with Crippen LogP contribution in [0.1, 0.15) is 90.0 Å². The van der Waals surface area contributed by atoms with Gasteiger partial charge < -0.3 is 49.1 Å². The van der Waals surface area contributed by atoms with Gasteiger partial charge in [0.1, 0.15) is 42.4 Å². The SMILES string of the molecule is COc1ccc(C(OC[C@H]2OC(n3cnc4c(NC(=O)c5ccc(CNC(=O)OCC6c7ccccc7-c7ccccc76)cc5)ncnc43)CC2OP(OCCN)N(C(C)C)C(C)C)(c2ccccc2)c2ccc(OC)cc2)cc1. The zero-order valence-electron chi connectivity index (χ0n) is 45.7. The van der Waals surface area contributed by atoms with Crippen LogP contribution in [0.5, 0.6) is 11.5 Å². The van der Waals surface area contributed by atoms with Gasteiger partial charge in [-0.3, -0.25) is 9.36 Å². The second kappa shape index (κ2) is 25.2. The fraction of sp³-hybridized carbons (Fsp3) is 0.306. The van der Waals surface area contributed by atoms with E-state index in [9.17, 15) is 9.59 Å². The Morgan fingerprint density at radius 2 is 1.35 bits per heavy atom. The number of fused-ring (bicyclic) bond motifs is 4. The summed E-state index contributed by atoms with van der Waals surface area (Å²) in [6.07, 6.45) is 1.02. The summed E-state index contributed by atoms with van der Waals surface area (Å²) in [6.45, 7) is 9.59. The Morgan fingerprint density at radius 3 is 1.95 bits per heavy atom. The van der Waals surface area contributed by atoms with Crippen LogP contribution in [0.2, 0.25) is 0 Å². The fourth-order valence-corrected chi connectivity index (χ4v) is 12.5. The predicted molar refractivity (Wildman–Crippen MR) is 307 cm³/mol. The van der Waals surface area contributed by atoms with Crippen molar-refractivity contribution in [3.8, 4) is 22.6 Å². The summed E-state index contributed by atoms with van der Waals surface area (Å²) < 4.78 is 49.1. The van der Waals surface area contributed by atoms with E-state index >= 15 is 0 Å². The molecular weight excluding hydrogens is 1030 g/mol. The van der Waals surface area contributed by atoms with E-state index in [1.165, 1.54) is 6.33 Å². The van der Waals surface area contributed by atoms with Crippen molar-refractivity contribution in [3.05, 3.63) is 203 Å². The van der Waals surface area contributed by atoms with Gasteiger partial charge in [0.25, 0.3) is 14.4 Å². The number of aromatic nitrogens is 4. The number of nitrogens with zero attached hydrogens (tertiary/aromatic N) is 5. The molecule has 1 fully saturated rings. The molecule has 8 aromatic rings. The molecule has 1 aliphatic heterocycles. The molecule has 1 aliphatic carbocycles. The highest BCUT2D eigenvalue weighted by Gasteiger charge is 2.45. The lowest BCUT2D eigenvalue weighted by Crippen LogP contribution is -2.39. The molecule has 2 aliphatic rings. The predicted octanol–water partition coefficient (Wildman–Crippen LogP) is 11.1. The van der Waals surface area contributed by atoms with E-state index < -0.39 is 44.6 Å². The number of ether oxygens (including phenoxy) is 5. The third kappa shape index (κ3) is 11.8. The number of amides is 2. The second-order valence-electron chi connectivity index (χ2n) is 20.1. The molecule has 0 spiro atoms. The Bertz CT molecular complexity index is 3260. The number of rotatable bonds is 23. The van der Waals surface area contributed by atoms with E-state index in [-0.39, 0.29) is 43.6 Å². The van der Waals surface area contributed by atoms with Gasteiger partial charge in [-0.05, 0) is 109 Å². The van der Waals surface area contributed by atoms with E-state index in [0.717, 1.165) is 44.5 Å². The molecule has 17 nitrogen and oxygen atoms in total. The Kier molecular flexibility index (Phi) is 17.6. The first-order chi connectivity index (χ1) is 39.0.